The summed E-state index contributed by atoms with van der Waals surface area (Å²) in [5, 5.41) is 1.46. The number of aromatic nitrogens is 1. The first kappa shape index (κ1) is 15.8. The highest BCUT2D eigenvalue weighted by molar-refractivity contribution is 5.93. The third kappa shape index (κ3) is 2.24. The maximum Gasteiger partial charge on any atom is 0.262 e. The lowest BCUT2D eigenvalue weighted by Crippen LogP contribution is -2.26. The van der Waals surface area contributed by atoms with Gasteiger partial charge in [-0.1, -0.05) is 12.1 Å². The van der Waals surface area contributed by atoms with E-state index in [1.165, 1.54) is 16.7 Å². The summed E-state index contributed by atoms with van der Waals surface area (Å²) in [7, 11) is 3.16. The van der Waals surface area contributed by atoms with Crippen LogP contribution in [0.15, 0.2) is 35.1 Å². The summed E-state index contributed by atoms with van der Waals surface area (Å²) < 4.78 is 12.7. The van der Waals surface area contributed by atoms with E-state index in [-0.39, 0.29) is 5.56 Å². The standard InChI is InChI=1S/C21H21NO3/c1-12-9-14-7-8-22-17(16(14)10-13(12)2)11-15-5-6-18(24-3)20(25-4)19(15)21(22)23/h5-6,9-11H,7-8H2,1-4H3. The highest BCUT2D eigenvalue weighted by Gasteiger charge is 2.22. The smallest absolute Gasteiger partial charge is 0.262 e. The monoisotopic (exact) mass is 335 g/mol. The molecule has 0 unspecified atom stereocenters. The highest BCUT2D eigenvalue weighted by atomic mass is 16.5. The van der Waals surface area contributed by atoms with Gasteiger partial charge in [0, 0.05) is 12.1 Å². The van der Waals surface area contributed by atoms with Crippen LogP contribution in [0.1, 0.15) is 16.7 Å². The third-order valence-corrected chi connectivity index (χ3v) is 5.22. The Balaban J connectivity index is 2.08. The third-order valence-electron chi connectivity index (χ3n) is 5.22. The number of hydrogen-bond donors (Lipinski definition) is 0. The fourth-order valence-electron chi connectivity index (χ4n) is 3.75. The van der Waals surface area contributed by atoms with E-state index in [0.29, 0.717) is 23.4 Å². The summed E-state index contributed by atoms with van der Waals surface area (Å²) in [6, 6.07) is 10.3. The number of aryl methyl sites for hydroxylation is 3. The molecular formula is C21H21NO3. The van der Waals surface area contributed by atoms with E-state index in [9.17, 15) is 4.79 Å². The van der Waals surface area contributed by atoms with Crippen molar-refractivity contribution in [3.63, 3.8) is 0 Å². The van der Waals surface area contributed by atoms with Crippen LogP contribution < -0.4 is 15.0 Å². The van der Waals surface area contributed by atoms with E-state index in [2.05, 4.69) is 32.0 Å². The molecule has 0 bridgehead atoms. The Bertz CT molecular complexity index is 1060. The summed E-state index contributed by atoms with van der Waals surface area (Å²) in [6.07, 6.45) is 0.862. The van der Waals surface area contributed by atoms with Gasteiger partial charge < -0.3 is 14.0 Å². The van der Waals surface area contributed by atoms with Crippen LogP contribution in [0.3, 0.4) is 0 Å². The number of pyridine rings is 1. The van der Waals surface area contributed by atoms with Crippen molar-refractivity contribution in [2.75, 3.05) is 14.2 Å². The van der Waals surface area contributed by atoms with Gasteiger partial charge in [0.2, 0.25) is 0 Å². The van der Waals surface area contributed by atoms with Crippen molar-refractivity contribution >= 4 is 10.8 Å². The molecule has 0 saturated heterocycles. The van der Waals surface area contributed by atoms with Crippen molar-refractivity contribution in [3.8, 4) is 22.8 Å². The predicted octanol–water partition coefficient (Wildman–Crippen LogP) is 3.86. The average molecular weight is 335 g/mol. The van der Waals surface area contributed by atoms with Gasteiger partial charge in [0.25, 0.3) is 5.56 Å². The molecule has 1 aromatic heterocycles. The molecule has 3 aromatic rings. The second-order valence-corrected chi connectivity index (χ2v) is 6.60. The number of nitrogens with zero attached hydrogens (tertiary/aromatic N) is 1. The first-order valence-electron chi connectivity index (χ1n) is 8.44. The Morgan fingerprint density at radius 2 is 1.76 bits per heavy atom. The van der Waals surface area contributed by atoms with Crippen molar-refractivity contribution in [2.24, 2.45) is 0 Å². The summed E-state index contributed by atoms with van der Waals surface area (Å²) >= 11 is 0. The second kappa shape index (κ2) is 5.66. The largest absolute Gasteiger partial charge is 0.493 e. The minimum absolute atomic E-state index is 0.0212. The van der Waals surface area contributed by atoms with Crippen molar-refractivity contribution in [3.05, 3.63) is 57.4 Å². The first-order valence-corrected chi connectivity index (χ1v) is 8.44. The number of ether oxygens (including phenoxy) is 2. The summed E-state index contributed by atoms with van der Waals surface area (Å²) in [6.45, 7) is 4.93. The lowest BCUT2D eigenvalue weighted by atomic mass is 9.92. The average Bonchev–Trinajstić information content (AvgIpc) is 2.62. The van der Waals surface area contributed by atoms with Crippen molar-refractivity contribution in [2.45, 2.75) is 26.8 Å². The Morgan fingerprint density at radius 3 is 2.48 bits per heavy atom. The van der Waals surface area contributed by atoms with Gasteiger partial charge in [0.05, 0.1) is 25.3 Å². The molecule has 0 atom stereocenters. The van der Waals surface area contributed by atoms with Gasteiger partial charge in [0.15, 0.2) is 11.5 Å². The zero-order valence-electron chi connectivity index (χ0n) is 15.0. The molecule has 1 aliphatic heterocycles. The first-order chi connectivity index (χ1) is 12.0. The number of methoxy groups -OCH3 is 2. The van der Waals surface area contributed by atoms with Crippen LogP contribution in [0.4, 0.5) is 0 Å². The maximum atomic E-state index is 13.2. The molecule has 0 spiro atoms. The van der Waals surface area contributed by atoms with Crippen LogP contribution in [0.2, 0.25) is 0 Å². The topological polar surface area (TPSA) is 40.5 Å². The number of hydrogen-bond acceptors (Lipinski definition) is 3. The van der Waals surface area contributed by atoms with Gasteiger partial charge in [-0.3, -0.25) is 4.79 Å². The molecule has 0 N–H and O–H groups in total. The Hall–Kier alpha value is -2.75. The molecule has 4 heteroatoms. The molecule has 0 saturated carbocycles. The highest BCUT2D eigenvalue weighted by Crippen LogP contribution is 2.37. The molecular weight excluding hydrogens is 314 g/mol. The van der Waals surface area contributed by atoms with Crippen LogP contribution >= 0.6 is 0 Å². The summed E-state index contributed by atoms with van der Waals surface area (Å²) in [5.74, 6) is 1.08. The Labute approximate surface area is 146 Å². The molecule has 4 rings (SSSR count). The van der Waals surface area contributed by atoms with E-state index in [1.54, 1.807) is 14.2 Å². The van der Waals surface area contributed by atoms with Crippen LogP contribution in [0.25, 0.3) is 22.0 Å². The zero-order chi connectivity index (χ0) is 17.7. The van der Waals surface area contributed by atoms with Crippen LogP contribution in [-0.2, 0) is 13.0 Å². The van der Waals surface area contributed by atoms with Gasteiger partial charge in [0.1, 0.15) is 0 Å². The normalized spacial score (nSPS) is 12.6. The van der Waals surface area contributed by atoms with E-state index < -0.39 is 0 Å². The fraction of sp³-hybridized carbons (Fsp3) is 0.286. The molecule has 0 fully saturated rings. The predicted molar refractivity (Wildman–Crippen MR) is 99.9 cm³/mol. The zero-order valence-corrected chi connectivity index (χ0v) is 15.0. The van der Waals surface area contributed by atoms with Crippen molar-refractivity contribution in [1.82, 2.24) is 4.57 Å². The quantitative estimate of drug-likeness (QED) is 0.714. The van der Waals surface area contributed by atoms with Gasteiger partial charge in [-0.05, 0) is 60.5 Å². The molecule has 0 radical (unpaired) electrons. The van der Waals surface area contributed by atoms with Crippen molar-refractivity contribution < 1.29 is 9.47 Å². The SMILES string of the molecule is COc1ccc2cc3n(c(=O)c2c1OC)CCc1cc(C)c(C)cc1-3. The Kier molecular flexibility index (Phi) is 3.57. The summed E-state index contributed by atoms with van der Waals surface area (Å²) in [4.78, 5) is 13.2. The lowest BCUT2D eigenvalue weighted by Gasteiger charge is -2.24. The lowest BCUT2D eigenvalue weighted by molar-refractivity contribution is 0.358. The number of benzene rings is 2. The minimum atomic E-state index is -0.0212. The molecule has 2 aromatic carbocycles. The number of fused-ring (bicyclic) bond motifs is 4. The second-order valence-electron chi connectivity index (χ2n) is 6.60. The van der Waals surface area contributed by atoms with E-state index >= 15 is 0 Å². The van der Waals surface area contributed by atoms with Crippen LogP contribution in [0.5, 0.6) is 11.5 Å². The van der Waals surface area contributed by atoms with Gasteiger partial charge >= 0.3 is 0 Å². The number of rotatable bonds is 2. The molecule has 128 valence electrons. The van der Waals surface area contributed by atoms with Crippen LogP contribution in [0, 0.1) is 13.8 Å². The molecule has 0 aliphatic carbocycles. The maximum absolute atomic E-state index is 13.2. The van der Waals surface area contributed by atoms with E-state index in [1.807, 2.05) is 16.7 Å². The molecule has 2 heterocycles. The molecule has 25 heavy (non-hydrogen) atoms. The van der Waals surface area contributed by atoms with Crippen LogP contribution in [-0.4, -0.2) is 18.8 Å². The summed E-state index contributed by atoms with van der Waals surface area (Å²) in [5.41, 5.74) is 5.96. The van der Waals surface area contributed by atoms with Gasteiger partial charge in [-0.2, -0.15) is 0 Å². The van der Waals surface area contributed by atoms with Gasteiger partial charge in [-0.25, -0.2) is 0 Å². The minimum Gasteiger partial charge on any atom is -0.493 e. The van der Waals surface area contributed by atoms with Gasteiger partial charge in [-0.15, -0.1) is 0 Å². The molecule has 4 nitrogen and oxygen atoms in total. The van der Waals surface area contributed by atoms with E-state index in [4.69, 9.17) is 9.47 Å². The fourth-order valence-corrected chi connectivity index (χ4v) is 3.75. The Morgan fingerprint density at radius 1 is 1.00 bits per heavy atom. The molecule has 1 aliphatic rings. The van der Waals surface area contributed by atoms with E-state index in [0.717, 1.165) is 23.1 Å². The molecule has 0 amide bonds. The van der Waals surface area contributed by atoms with Crippen molar-refractivity contribution in [1.29, 1.82) is 0 Å².